The summed E-state index contributed by atoms with van der Waals surface area (Å²) in [6.07, 6.45) is 2.06. The van der Waals surface area contributed by atoms with E-state index in [0.717, 1.165) is 11.1 Å². The van der Waals surface area contributed by atoms with Gasteiger partial charge in [-0.3, -0.25) is 9.59 Å². The van der Waals surface area contributed by atoms with Crippen LogP contribution in [0.15, 0.2) is 30.3 Å². The van der Waals surface area contributed by atoms with Gasteiger partial charge in [0, 0.05) is 24.2 Å². The molecule has 1 atom stereocenters. The number of likely N-dealkylation sites (tertiary alicyclic amines) is 1. The van der Waals surface area contributed by atoms with Crippen molar-refractivity contribution in [3.8, 4) is 0 Å². The van der Waals surface area contributed by atoms with Gasteiger partial charge < -0.3 is 10.0 Å². The molecule has 1 N–H and O–H groups in total. The minimum absolute atomic E-state index is 0. The van der Waals surface area contributed by atoms with Gasteiger partial charge in [0.2, 0.25) is 5.91 Å². The number of aliphatic carboxylic acids is 1. The van der Waals surface area contributed by atoms with Crippen molar-refractivity contribution in [2.75, 3.05) is 13.1 Å². The third kappa shape index (κ3) is 4.48. The second-order valence-electron chi connectivity index (χ2n) is 4.95. The SMILES string of the molecule is CC(=CC(=O)N1CCC(C(=O)O)C1)c1cccc(Cl)c1.Cl. The number of benzene rings is 1. The molecule has 4 nitrogen and oxygen atoms in total. The highest BCUT2D eigenvalue weighted by atomic mass is 35.5. The van der Waals surface area contributed by atoms with Gasteiger partial charge in [-0.2, -0.15) is 0 Å². The molecular weight excluding hydrogens is 313 g/mol. The highest BCUT2D eigenvalue weighted by Gasteiger charge is 2.29. The van der Waals surface area contributed by atoms with Gasteiger partial charge in [0.1, 0.15) is 0 Å². The van der Waals surface area contributed by atoms with E-state index in [4.69, 9.17) is 16.7 Å². The quantitative estimate of drug-likeness (QED) is 0.867. The molecule has 1 aliphatic heterocycles. The molecule has 1 aliphatic rings. The fourth-order valence-corrected chi connectivity index (χ4v) is 2.45. The molecule has 1 aromatic carbocycles. The Hall–Kier alpha value is -1.52. The van der Waals surface area contributed by atoms with E-state index < -0.39 is 11.9 Å². The van der Waals surface area contributed by atoms with E-state index in [1.807, 2.05) is 19.1 Å². The van der Waals surface area contributed by atoms with Crippen molar-refractivity contribution < 1.29 is 14.7 Å². The molecular formula is C15H17Cl2NO3. The molecule has 0 bridgehead atoms. The van der Waals surface area contributed by atoms with E-state index in [9.17, 15) is 9.59 Å². The minimum atomic E-state index is -0.837. The summed E-state index contributed by atoms with van der Waals surface area (Å²) in [5, 5.41) is 9.56. The van der Waals surface area contributed by atoms with Crippen molar-refractivity contribution in [1.82, 2.24) is 4.90 Å². The summed E-state index contributed by atoms with van der Waals surface area (Å²) in [4.78, 5) is 24.6. The Balaban J connectivity index is 0.00000220. The molecule has 0 aromatic heterocycles. The van der Waals surface area contributed by atoms with Crippen LogP contribution in [0.2, 0.25) is 5.02 Å². The van der Waals surface area contributed by atoms with Gasteiger partial charge in [-0.25, -0.2) is 0 Å². The average molecular weight is 330 g/mol. The number of carboxylic acids is 1. The molecule has 1 fully saturated rings. The van der Waals surface area contributed by atoms with E-state index in [2.05, 4.69) is 0 Å². The summed E-state index contributed by atoms with van der Waals surface area (Å²) in [7, 11) is 0. The first-order chi connectivity index (χ1) is 9.47. The molecule has 1 saturated heterocycles. The predicted molar refractivity (Wildman–Crippen MR) is 84.7 cm³/mol. The van der Waals surface area contributed by atoms with Crippen molar-refractivity contribution in [2.45, 2.75) is 13.3 Å². The van der Waals surface area contributed by atoms with Crippen LogP contribution in [-0.2, 0) is 9.59 Å². The monoisotopic (exact) mass is 329 g/mol. The van der Waals surface area contributed by atoms with E-state index >= 15 is 0 Å². The molecule has 0 saturated carbocycles. The Morgan fingerprint density at radius 3 is 2.71 bits per heavy atom. The fourth-order valence-electron chi connectivity index (χ4n) is 2.26. The number of carbonyl (C=O) groups is 2. The molecule has 0 radical (unpaired) electrons. The number of amides is 1. The Kier molecular flexibility index (Phi) is 6.24. The smallest absolute Gasteiger partial charge is 0.308 e. The molecule has 2 rings (SSSR count). The molecule has 0 aliphatic carbocycles. The van der Waals surface area contributed by atoms with Crippen molar-refractivity contribution in [3.63, 3.8) is 0 Å². The van der Waals surface area contributed by atoms with Crippen LogP contribution in [0.25, 0.3) is 5.57 Å². The molecule has 0 spiro atoms. The Labute approximate surface area is 134 Å². The van der Waals surface area contributed by atoms with Gasteiger partial charge in [0.05, 0.1) is 5.92 Å². The number of halogens is 2. The standard InChI is InChI=1S/C15H16ClNO3.ClH/c1-10(11-3-2-4-13(16)8-11)7-14(18)17-6-5-12(9-17)15(19)20;/h2-4,7-8,12H,5-6,9H2,1H3,(H,19,20);1H. The second-order valence-corrected chi connectivity index (χ2v) is 5.38. The number of hydrogen-bond acceptors (Lipinski definition) is 2. The van der Waals surface area contributed by atoms with Crippen LogP contribution in [-0.4, -0.2) is 35.0 Å². The van der Waals surface area contributed by atoms with Crippen LogP contribution >= 0.6 is 24.0 Å². The third-order valence-corrected chi connectivity index (χ3v) is 3.70. The largest absolute Gasteiger partial charge is 0.481 e. The molecule has 114 valence electrons. The van der Waals surface area contributed by atoms with Gasteiger partial charge in [-0.1, -0.05) is 23.7 Å². The predicted octanol–water partition coefficient (Wildman–Crippen LogP) is 3.10. The van der Waals surface area contributed by atoms with Crippen LogP contribution in [0.4, 0.5) is 0 Å². The first-order valence-electron chi connectivity index (χ1n) is 6.43. The number of carboxylic acid groups (broad SMARTS) is 1. The molecule has 1 aromatic rings. The van der Waals surface area contributed by atoms with Gasteiger partial charge in [-0.05, 0) is 36.6 Å². The maximum Gasteiger partial charge on any atom is 0.308 e. The average Bonchev–Trinajstić information content (AvgIpc) is 2.88. The summed E-state index contributed by atoms with van der Waals surface area (Å²) in [6, 6.07) is 7.29. The van der Waals surface area contributed by atoms with E-state index in [1.165, 1.54) is 6.08 Å². The van der Waals surface area contributed by atoms with Gasteiger partial charge in [0.15, 0.2) is 0 Å². The molecule has 1 unspecified atom stereocenters. The topological polar surface area (TPSA) is 57.6 Å². The van der Waals surface area contributed by atoms with Crippen molar-refractivity contribution in [2.24, 2.45) is 5.92 Å². The van der Waals surface area contributed by atoms with Crippen LogP contribution < -0.4 is 0 Å². The number of nitrogens with zero attached hydrogens (tertiary/aromatic N) is 1. The Morgan fingerprint density at radius 2 is 2.14 bits per heavy atom. The van der Waals surface area contributed by atoms with Gasteiger partial charge in [0.25, 0.3) is 0 Å². The summed E-state index contributed by atoms with van der Waals surface area (Å²) in [6.45, 7) is 2.62. The zero-order valence-corrected chi connectivity index (χ0v) is 13.2. The maximum absolute atomic E-state index is 12.1. The first-order valence-corrected chi connectivity index (χ1v) is 6.81. The molecule has 21 heavy (non-hydrogen) atoms. The van der Waals surface area contributed by atoms with Crippen molar-refractivity contribution in [1.29, 1.82) is 0 Å². The zero-order valence-electron chi connectivity index (χ0n) is 11.6. The molecule has 1 heterocycles. The minimum Gasteiger partial charge on any atom is -0.481 e. The van der Waals surface area contributed by atoms with Crippen LogP contribution in [0.1, 0.15) is 18.9 Å². The number of carbonyl (C=O) groups excluding carboxylic acids is 1. The molecule has 1 amide bonds. The number of rotatable bonds is 3. The van der Waals surface area contributed by atoms with E-state index in [1.54, 1.807) is 17.0 Å². The lowest BCUT2D eigenvalue weighted by Gasteiger charge is -2.14. The lowest BCUT2D eigenvalue weighted by atomic mass is 10.1. The second kappa shape index (κ2) is 7.48. The Morgan fingerprint density at radius 1 is 1.43 bits per heavy atom. The third-order valence-electron chi connectivity index (χ3n) is 3.47. The number of allylic oxidation sites excluding steroid dienone is 1. The van der Waals surface area contributed by atoms with Crippen molar-refractivity contribution >= 4 is 41.5 Å². The number of hydrogen-bond donors (Lipinski definition) is 1. The first kappa shape index (κ1) is 17.5. The summed E-state index contributed by atoms with van der Waals surface area (Å²) in [5.41, 5.74) is 1.70. The van der Waals surface area contributed by atoms with Crippen LogP contribution in [0.3, 0.4) is 0 Å². The Bertz CT molecular complexity index is 572. The van der Waals surface area contributed by atoms with Crippen molar-refractivity contribution in [3.05, 3.63) is 40.9 Å². The van der Waals surface area contributed by atoms with Crippen LogP contribution in [0, 0.1) is 5.92 Å². The highest BCUT2D eigenvalue weighted by molar-refractivity contribution is 6.30. The van der Waals surface area contributed by atoms with Crippen LogP contribution in [0.5, 0.6) is 0 Å². The summed E-state index contributed by atoms with van der Waals surface area (Å²) >= 11 is 5.92. The fraction of sp³-hybridized carbons (Fsp3) is 0.333. The summed E-state index contributed by atoms with van der Waals surface area (Å²) in [5.74, 6) is -1.43. The highest BCUT2D eigenvalue weighted by Crippen LogP contribution is 2.21. The lowest BCUT2D eigenvalue weighted by Crippen LogP contribution is -2.28. The van der Waals surface area contributed by atoms with E-state index in [-0.39, 0.29) is 24.9 Å². The van der Waals surface area contributed by atoms with Gasteiger partial charge in [-0.15, -0.1) is 12.4 Å². The maximum atomic E-state index is 12.1. The van der Waals surface area contributed by atoms with E-state index in [0.29, 0.717) is 18.0 Å². The molecule has 6 heteroatoms. The van der Waals surface area contributed by atoms with Gasteiger partial charge >= 0.3 is 5.97 Å². The normalized spacial score (nSPS) is 18.3. The zero-order chi connectivity index (χ0) is 14.7. The summed E-state index contributed by atoms with van der Waals surface area (Å²) < 4.78 is 0. The lowest BCUT2D eigenvalue weighted by molar-refractivity contribution is -0.141.